The van der Waals surface area contributed by atoms with Gasteiger partial charge in [0.1, 0.15) is 5.75 Å². The van der Waals surface area contributed by atoms with Crippen LogP contribution in [0.25, 0.3) is 0 Å². The molecule has 2 heteroatoms. The van der Waals surface area contributed by atoms with Crippen LogP contribution in [-0.4, -0.2) is 5.11 Å². The average molecular weight is 177 g/mol. The van der Waals surface area contributed by atoms with Gasteiger partial charge in [-0.2, -0.15) is 0 Å². The maximum absolute atomic E-state index is 9.29. The lowest BCUT2D eigenvalue weighted by Crippen LogP contribution is -2.09. The van der Waals surface area contributed by atoms with Gasteiger partial charge in [0.05, 0.1) is 0 Å². The summed E-state index contributed by atoms with van der Waals surface area (Å²) < 4.78 is 0. The molecular weight excluding hydrogens is 162 g/mol. The molecule has 0 saturated heterocycles. The molecule has 70 valence electrons. The molecule has 0 saturated carbocycles. The maximum Gasteiger partial charge on any atom is 0.115 e. The minimum Gasteiger partial charge on any atom is -0.508 e. The molecule has 0 aromatic heterocycles. The molecule has 1 aromatic carbocycles. The number of aromatic hydroxyl groups is 1. The van der Waals surface area contributed by atoms with Crippen LogP contribution in [0, 0.1) is 0 Å². The fraction of sp³-hybridized carbons (Fsp3) is 0.273. The van der Waals surface area contributed by atoms with Crippen molar-refractivity contribution in [2.24, 2.45) is 5.73 Å². The molecule has 0 aliphatic carbocycles. The van der Waals surface area contributed by atoms with Gasteiger partial charge in [0.25, 0.3) is 0 Å². The summed E-state index contributed by atoms with van der Waals surface area (Å²) in [4.78, 5) is 0. The Labute approximate surface area is 78.7 Å². The van der Waals surface area contributed by atoms with E-state index < -0.39 is 0 Å². The van der Waals surface area contributed by atoms with Crippen LogP contribution in [0.2, 0.25) is 0 Å². The number of phenolic OH excluding ortho intramolecular Hbond substituents is 1. The van der Waals surface area contributed by atoms with Crippen molar-refractivity contribution in [2.75, 3.05) is 0 Å². The molecule has 0 bridgehead atoms. The molecule has 1 aromatic rings. The minimum atomic E-state index is -0.193. The third-order valence-corrected chi connectivity index (χ3v) is 2.12. The zero-order valence-corrected chi connectivity index (χ0v) is 7.83. The summed E-state index contributed by atoms with van der Waals surface area (Å²) in [6, 6.07) is 5.08. The summed E-state index contributed by atoms with van der Waals surface area (Å²) in [5, 5.41) is 9.29. The highest BCUT2D eigenvalue weighted by atomic mass is 16.3. The molecule has 0 amide bonds. The van der Waals surface area contributed by atoms with Gasteiger partial charge in [-0.25, -0.2) is 0 Å². The second-order valence-electron chi connectivity index (χ2n) is 3.00. The van der Waals surface area contributed by atoms with Gasteiger partial charge in [-0.1, -0.05) is 19.1 Å². The van der Waals surface area contributed by atoms with E-state index in [2.05, 4.69) is 13.5 Å². The van der Waals surface area contributed by atoms with E-state index in [0.29, 0.717) is 0 Å². The van der Waals surface area contributed by atoms with Crippen molar-refractivity contribution in [2.45, 2.75) is 19.4 Å². The lowest BCUT2D eigenvalue weighted by Gasteiger charge is -2.12. The van der Waals surface area contributed by atoms with E-state index in [1.54, 1.807) is 18.2 Å². The third-order valence-electron chi connectivity index (χ3n) is 2.12. The first kappa shape index (κ1) is 9.81. The first-order chi connectivity index (χ1) is 6.19. The molecular formula is C11H15NO. The van der Waals surface area contributed by atoms with Crippen LogP contribution in [0.4, 0.5) is 0 Å². The molecule has 1 atom stereocenters. The van der Waals surface area contributed by atoms with Gasteiger partial charge in [-0.3, -0.25) is 0 Å². The SMILES string of the molecule is C=CC(N)c1cc(O)ccc1CC. The molecule has 3 N–H and O–H groups in total. The van der Waals surface area contributed by atoms with Crippen molar-refractivity contribution >= 4 is 0 Å². The Morgan fingerprint density at radius 2 is 2.31 bits per heavy atom. The summed E-state index contributed by atoms with van der Waals surface area (Å²) in [5.74, 6) is 0.254. The Kier molecular flexibility index (Phi) is 3.09. The molecule has 1 rings (SSSR count). The highest BCUT2D eigenvalue weighted by Crippen LogP contribution is 2.22. The van der Waals surface area contributed by atoms with E-state index in [0.717, 1.165) is 17.5 Å². The molecule has 0 aliphatic heterocycles. The summed E-state index contributed by atoms with van der Waals surface area (Å²) in [6.07, 6.45) is 2.59. The van der Waals surface area contributed by atoms with Crippen molar-refractivity contribution < 1.29 is 5.11 Å². The Bertz CT molecular complexity index is 307. The van der Waals surface area contributed by atoms with Crippen molar-refractivity contribution in [3.05, 3.63) is 42.0 Å². The van der Waals surface area contributed by atoms with Crippen LogP contribution in [0.15, 0.2) is 30.9 Å². The van der Waals surface area contributed by atoms with E-state index in [1.807, 2.05) is 6.07 Å². The average Bonchev–Trinajstić information content (AvgIpc) is 2.16. The Balaban J connectivity index is 3.14. The zero-order chi connectivity index (χ0) is 9.84. The van der Waals surface area contributed by atoms with Crippen molar-refractivity contribution in [3.63, 3.8) is 0 Å². The first-order valence-electron chi connectivity index (χ1n) is 4.39. The van der Waals surface area contributed by atoms with Crippen LogP contribution < -0.4 is 5.73 Å². The van der Waals surface area contributed by atoms with Crippen LogP contribution in [0.3, 0.4) is 0 Å². The van der Waals surface area contributed by atoms with Gasteiger partial charge >= 0.3 is 0 Å². The standard InChI is InChI=1S/C11H15NO/c1-3-8-5-6-9(13)7-10(8)11(12)4-2/h4-7,11,13H,2-3,12H2,1H3. The molecule has 0 aliphatic rings. The number of aryl methyl sites for hydroxylation is 1. The molecule has 0 radical (unpaired) electrons. The van der Waals surface area contributed by atoms with Gasteiger partial charge in [-0.15, -0.1) is 6.58 Å². The molecule has 13 heavy (non-hydrogen) atoms. The molecule has 0 fully saturated rings. The number of hydrogen-bond acceptors (Lipinski definition) is 2. The van der Waals surface area contributed by atoms with E-state index in [1.165, 1.54) is 0 Å². The van der Waals surface area contributed by atoms with Crippen molar-refractivity contribution in [3.8, 4) is 5.75 Å². The van der Waals surface area contributed by atoms with Gasteiger partial charge in [0.2, 0.25) is 0 Å². The van der Waals surface area contributed by atoms with Gasteiger partial charge in [0, 0.05) is 6.04 Å². The minimum absolute atomic E-state index is 0.193. The van der Waals surface area contributed by atoms with Gasteiger partial charge in [-0.05, 0) is 29.7 Å². The maximum atomic E-state index is 9.29. The number of hydrogen-bond donors (Lipinski definition) is 2. The number of benzene rings is 1. The summed E-state index contributed by atoms with van der Waals surface area (Å²) >= 11 is 0. The fourth-order valence-electron chi connectivity index (χ4n) is 1.34. The topological polar surface area (TPSA) is 46.2 Å². The van der Waals surface area contributed by atoms with Crippen LogP contribution >= 0.6 is 0 Å². The molecule has 0 spiro atoms. The second-order valence-corrected chi connectivity index (χ2v) is 3.00. The van der Waals surface area contributed by atoms with Crippen LogP contribution in [0.5, 0.6) is 5.75 Å². The Morgan fingerprint density at radius 1 is 1.62 bits per heavy atom. The van der Waals surface area contributed by atoms with E-state index in [4.69, 9.17) is 5.73 Å². The number of phenols is 1. The smallest absolute Gasteiger partial charge is 0.115 e. The summed E-state index contributed by atoms with van der Waals surface area (Å²) in [5.41, 5.74) is 7.92. The van der Waals surface area contributed by atoms with E-state index >= 15 is 0 Å². The lowest BCUT2D eigenvalue weighted by molar-refractivity contribution is 0.474. The van der Waals surface area contributed by atoms with Gasteiger partial charge in [0.15, 0.2) is 0 Å². The fourth-order valence-corrected chi connectivity index (χ4v) is 1.34. The monoisotopic (exact) mass is 177 g/mol. The normalized spacial score (nSPS) is 12.5. The largest absolute Gasteiger partial charge is 0.508 e. The summed E-state index contributed by atoms with van der Waals surface area (Å²) in [7, 11) is 0. The van der Waals surface area contributed by atoms with E-state index in [9.17, 15) is 5.11 Å². The quantitative estimate of drug-likeness (QED) is 0.695. The Morgan fingerprint density at radius 3 is 2.85 bits per heavy atom. The number of rotatable bonds is 3. The lowest BCUT2D eigenvalue weighted by atomic mass is 9.99. The third kappa shape index (κ3) is 2.10. The predicted molar refractivity (Wildman–Crippen MR) is 54.6 cm³/mol. The van der Waals surface area contributed by atoms with Crippen LogP contribution in [0.1, 0.15) is 24.1 Å². The second kappa shape index (κ2) is 4.10. The highest BCUT2D eigenvalue weighted by molar-refractivity contribution is 5.38. The Hall–Kier alpha value is -1.28. The van der Waals surface area contributed by atoms with Gasteiger partial charge < -0.3 is 10.8 Å². The van der Waals surface area contributed by atoms with Crippen molar-refractivity contribution in [1.82, 2.24) is 0 Å². The highest BCUT2D eigenvalue weighted by Gasteiger charge is 2.07. The number of nitrogens with two attached hydrogens (primary N) is 1. The molecule has 2 nitrogen and oxygen atoms in total. The van der Waals surface area contributed by atoms with Crippen molar-refractivity contribution in [1.29, 1.82) is 0 Å². The zero-order valence-electron chi connectivity index (χ0n) is 7.83. The predicted octanol–water partition coefficient (Wildman–Crippen LogP) is 2.14. The van der Waals surface area contributed by atoms with E-state index in [-0.39, 0.29) is 11.8 Å². The first-order valence-corrected chi connectivity index (χ1v) is 4.39. The van der Waals surface area contributed by atoms with Crippen LogP contribution in [-0.2, 0) is 6.42 Å². The molecule has 1 unspecified atom stereocenters. The molecule has 0 heterocycles. The summed E-state index contributed by atoms with van der Waals surface area (Å²) in [6.45, 7) is 5.70.